The maximum Gasteiger partial charge on any atom is 0.254 e. The van der Waals surface area contributed by atoms with Gasteiger partial charge in [0.2, 0.25) is 0 Å². The van der Waals surface area contributed by atoms with Crippen LogP contribution in [0.25, 0.3) is 0 Å². The number of amides is 1. The van der Waals surface area contributed by atoms with Gasteiger partial charge < -0.3 is 10.4 Å². The van der Waals surface area contributed by atoms with Gasteiger partial charge in [0.25, 0.3) is 5.91 Å². The third-order valence-corrected chi connectivity index (χ3v) is 2.05. The monoisotopic (exact) mass is 163 g/mol. The van der Waals surface area contributed by atoms with Crippen LogP contribution in [0, 0.1) is 0 Å². The summed E-state index contributed by atoms with van der Waals surface area (Å²) in [6, 6.07) is 7.02. The number of rotatable bonds is 0. The van der Waals surface area contributed by atoms with Crippen molar-refractivity contribution in [3.8, 4) is 0 Å². The molecule has 0 aromatic heterocycles. The Balaban J connectivity index is 2.66. The maximum absolute atomic E-state index is 11.2. The number of nitrogens with one attached hydrogen (secondary N) is 1. The van der Waals surface area contributed by atoms with Gasteiger partial charge in [-0.3, -0.25) is 4.79 Å². The van der Waals surface area contributed by atoms with Gasteiger partial charge in [0.1, 0.15) is 0 Å². The minimum Gasteiger partial charge on any atom is -0.367 e. The average Bonchev–Trinajstić information content (AvgIpc) is 2.25. The summed E-state index contributed by atoms with van der Waals surface area (Å²) in [6.45, 7) is 1.57. The Morgan fingerprint density at radius 1 is 1.42 bits per heavy atom. The van der Waals surface area contributed by atoms with Crippen LogP contribution in [-0.2, 0) is 5.72 Å². The largest absolute Gasteiger partial charge is 0.367 e. The predicted molar refractivity (Wildman–Crippen MR) is 43.5 cm³/mol. The van der Waals surface area contributed by atoms with E-state index >= 15 is 0 Å². The first-order valence-electron chi connectivity index (χ1n) is 3.76. The standard InChI is InChI=1S/C9H9NO2/c1-9(12)7-5-3-2-4-6(7)8(11)10-9/h2-5,12H,1H3,(H,10,11). The minimum atomic E-state index is -1.20. The predicted octanol–water partition coefficient (Wildman–Crippen LogP) is 0.595. The van der Waals surface area contributed by atoms with E-state index in [-0.39, 0.29) is 5.91 Å². The van der Waals surface area contributed by atoms with E-state index in [1.807, 2.05) is 0 Å². The smallest absolute Gasteiger partial charge is 0.254 e. The molecule has 1 aliphatic heterocycles. The van der Waals surface area contributed by atoms with Crippen molar-refractivity contribution < 1.29 is 9.90 Å². The molecule has 2 rings (SSSR count). The quantitative estimate of drug-likeness (QED) is 0.588. The Morgan fingerprint density at radius 3 is 2.75 bits per heavy atom. The summed E-state index contributed by atoms with van der Waals surface area (Å²) < 4.78 is 0. The second-order valence-corrected chi connectivity index (χ2v) is 3.07. The van der Waals surface area contributed by atoms with Gasteiger partial charge in [-0.25, -0.2) is 0 Å². The number of benzene rings is 1. The molecule has 62 valence electrons. The van der Waals surface area contributed by atoms with Crippen LogP contribution in [-0.4, -0.2) is 11.0 Å². The van der Waals surface area contributed by atoms with Crippen LogP contribution in [0.1, 0.15) is 22.8 Å². The van der Waals surface area contributed by atoms with Crippen molar-refractivity contribution in [2.75, 3.05) is 0 Å². The molecule has 0 fully saturated rings. The molecular formula is C9H9NO2. The summed E-state index contributed by atoms with van der Waals surface area (Å²) in [5.41, 5.74) is 0.00530. The lowest BCUT2D eigenvalue weighted by Gasteiger charge is -2.16. The molecule has 3 nitrogen and oxygen atoms in total. The van der Waals surface area contributed by atoms with E-state index < -0.39 is 5.72 Å². The van der Waals surface area contributed by atoms with Crippen LogP contribution < -0.4 is 5.32 Å². The molecule has 0 saturated heterocycles. The molecule has 1 atom stereocenters. The summed E-state index contributed by atoms with van der Waals surface area (Å²) in [5, 5.41) is 12.2. The summed E-state index contributed by atoms with van der Waals surface area (Å²) in [7, 11) is 0. The zero-order valence-electron chi connectivity index (χ0n) is 6.66. The van der Waals surface area contributed by atoms with Gasteiger partial charge >= 0.3 is 0 Å². The minimum absolute atomic E-state index is 0.212. The molecule has 3 heteroatoms. The van der Waals surface area contributed by atoms with Crippen molar-refractivity contribution >= 4 is 5.91 Å². The molecule has 1 aromatic carbocycles. The fraction of sp³-hybridized carbons (Fsp3) is 0.222. The first kappa shape index (κ1) is 7.31. The molecule has 1 heterocycles. The Labute approximate surface area is 70.0 Å². The molecule has 1 amide bonds. The number of carbonyl (C=O) groups excluding carboxylic acids is 1. The van der Waals surface area contributed by atoms with E-state index in [0.29, 0.717) is 11.1 Å². The van der Waals surface area contributed by atoms with Gasteiger partial charge in [-0.05, 0) is 13.0 Å². The summed E-state index contributed by atoms with van der Waals surface area (Å²) in [6.07, 6.45) is 0. The van der Waals surface area contributed by atoms with Crippen LogP contribution >= 0.6 is 0 Å². The maximum atomic E-state index is 11.2. The van der Waals surface area contributed by atoms with E-state index in [1.165, 1.54) is 0 Å². The number of fused-ring (bicyclic) bond motifs is 1. The highest BCUT2D eigenvalue weighted by atomic mass is 16.3. The topological polar surface area (TPSA) is 49.3 Å². The van der Waals surface area contributed by atoms with Crippen molar-refractivity contribution in [1.82, 2.24) is 5.32 Å². The van der Waals surface area contributed by atoms with Gasteiger partial charge in [0.05, 0.1) is 0 Å². The van der Waals surface area contributed by atoms with Gasteiger partial charge in [0, 0.05) is 11.1 Å². The molecule has 1 aliphatic rings. The Hall–Kier alpha value is -1.35. The van der Waals surface area contributed by atoms with Gasteiger partial charge in [-0.2, -0.15) is 0 Å². The van der Waals surface area contributed by atoms with Gasteiger partial charge in [-0.1, -0.05) is 18.2 Å². The van der Waals surface area contributed by atoms with Crippen LogP contribution in [0.4, 0.5) is 0 Å². The highest BCUT2D eigenvalue weighted by Crippen LogP contribution is 2.27. The lowest BCUT2D eigenvalue weighted by atomic mass is 10.0. The van der Waals surface area contributed by atoms with Crippen LogP contribution in [0.2, 0.25) is 0 Å². The van der Waals surface area contributed by atoms with E-state index in [0.717, 1.165) is 0 Å². The molecule has 0 bridgehead atoms. The zero-order chi connectivity index (χ0) is 8.77. The van der Waals surface area contributed by atoms with Gasteiger partial charge in [-0.15, -0.1) is 0 Å². The average molecular weight is 163 g/mol. The Morgan fingerprint density at radius 2 is 2.08 bits per heavy atom. The van der Waals surface area contributed by atoms with E-state index in [4.69, 9.17) is 0 Å². The molecule has 0 radical (unpaired) electrons. The molecular weight excluding hydrogens is 154 g/mol. The third kappa shape index (κ3) is 0.833. The van der Waals surface area contributed by atoms with Crippen molar-refractivity contribution in [3.63, 3.8) is 0 Å². The van der Waals surface area contributed by atoms with Crippen LogP contribution in [0.5, 0.6) is 0 Å². The number of aliphatic hydroxyl groups is 1. The summed E-state index contributed by atoms with van der Waals surface area (Å²) in [4.78, 5) is 11.2. The summed E-state index contributed by atoms with van der Waals surface area (Å²) in [5.74, 6) is -0.212. The van der Waals surface area contributed by atoms with Crippen LogP contribution in [0.3, 0.4) is 0 Å². The fourth-order valence-electron chi connectivity index (χ4n) is 1.46. The first-order chi connectivity index (χ1) is 5.61. The first-order valence-corrected chi connectivity index (χ1v) is 3.76. The van der Waals surface area contributed by atoms with Crippen molar-refractivity contribution in [2.45, 2.75) is 12.6 Å². The molecule has 1 unspecified atom stereocenters. The second kappa shape index (κ2) is 2.08. The summed E-state index contributed by atoms with van der Waals surface area (Å²) >= 11 is 0. The fourth-order valence-corrected chi connectivity index (χ4v) is 1.46. The Bertz CT molecular complexity index is 344. The van der Waals surface area contributed by atoms with Gasteiger partial charge in [0.15, 0.2) is 5.72 Å². The van der Waals surface area contributed by atoms with Crippen molar-refractivity contribution in [2.24, 2.45) is 0 Å². The normalized spacial score (nSPS) is 26.7. The molecule has 0 spiro atoms. The number of hydrogen-bond acceptors (Lipinski definition) is 2. The highest BCUT2D eigenvalue weighted by Gasteiger charge is 2.36. The third-order valence-electron chi connectivity index (χ3n) is 2.05. The molecule has 12 heavy (non-hydrogen) atoms. The Kier molecular flexibility index (Phi) is 1.26. The van der Waals surface area contributed by atoms with Crippen molar-refractivity contribution in [1.29, 1.82) is 0 Å². The lowest BCUT2D eigenvalue weighted by molar-refractivity contribution is 0.0302. The zero-order valence-corrected chi connectivity index (χ0v) is 6.66. The molecule has 0 saturated carbocycles. The number of hydrogen-bond donors (Lipinski definition) is 2. The van der Waals surface area contributed by atoms with E-state index in [1.54, 1.807) is 31.2 Å². The number of carbonyl (C=O) groups is 1. The molecule has 2 N–H and O–H groups in total. The molecule has 1 aromatic rings. The SMILES string of the molecule is CC1(O)NC(=O)c2ccccc21. The van der Waals surface area contributed by atoms with Crippen LogP contribution in [0.15, 0.2) is 24.3 Å². The van der Waals surface area contributed by atoms with E-state index in [2.05, 4.69) is 5.32 Å². The van der Waals surface area contributed by atoms with Crippen molar-refractivity contribution in [3.05, 3.63) is 35.4 Å². The second-order valence-electron chi connectivity index (χ2n) is 3.07. The highest BCUT2D eigenvalue weighted by molar-refractivity contribution is 5.99. The lowest BCUT2D eigenvalue weighted by Crippen LogP contribution is -2.35. The van der Waals surface area contributed by atoms with E-state index in [9.17, 15) is 9.90 Å². The molecule has 0 aliphatic carbocycles.